The lowest BCUT2D eigenvalue weighted by Crippen LogP contribution is -2.15. The SMILES string of the molecule is Fc1ccccc1COc1ccc(CNC2CC2)cc1Cl. The van der Waals surface area contributed by atoms with Crippen molar-refractivity contribution in [2.45, 2.75) is 32.0 Å². The van der Waals surface area contributed by atoms with Gasteiger partial charge in [-0.2, -0.15) is 0 Å². The third-order valence-corrected chi connectivity index (χ3v) is 3.80. The molecule has 0 aliphatic heterocycles. The Bertz CT molecular complexity index is 628. The molecule has 3 rings (SSSR count). The average Bonchev–Trinajstić information content (AvgIpc) is 3.30. The van der Waals surface area contributed by atoms with Crippen molar-refractivity contribution in [3.8, 4) is 5.75 Å². The number of rotatable bonds is 6. The van der Waals surface area contributed by atoms with Gasteiger partial charge in [-0.15, -0.1) is 0 Å². The van der Waals surface area contributed by atoms with Crippen LogP contribution in [0, 0.1) is 5.82 Å². The number of nitrogens with one attached hydrogen (secondary N) is 1. The molecule has 1 aliphatic carbocycles. The minimum atomic E-state index is -0.265. The van der Waals surface area contributed by atoms with Crippen molar-refractivity contribution >= 4 is 11.6 Å². The molecule has 4 heteroatoms. The standard InChI is InChI=1S/C17H17ClFNO/c18-15-9-12(10-20-14-6-7-14)5-8-17(15)21-11-13-3-1-2-4-16(13)19/h1-5,8-9,14,20H,6-7,10-11H2. The van der Waals surface area contributed by atoms with Crippen molar-refractivity contribution in [2.75, 3.05) is 0 Å². The van der Waals surface area contributed by atoms with E-state index in [0.29, 0.717) is 22.4 Å². The Balaban J connectivity index is 1.61. The zero-order chi connectivity index (χ0) is 14.7. The lowest BCUT2D eigenvalue weighted by Gasteiger charge is -2.10. The maximum Gasteiger partial charge on any atom is 0.138 e. The van der Waals surface area contributed by atoms with E-state index in [1.54, 1.807) is 18.2 Å². The molecular weight excluding hydrogens is 289 g/mol. The second-order valence-electron chi connectivity index (χ2n) is 5.30. The van der Waals surface area contributed by atoms with Crippen LogP contribution in [0.1, 0.15) is 24.0 Å². The van der Waals surface area contributed by atoms with E-state index in [0.717, 1.165) is 12.1 Å². The van der Waals surface area contributed by atoms with Crippen LogP contribution in [-0.4, -0.2) is 6.04 Å². The van der Waals surface area contributed by atoms with Gasteiger partial charge in [-0.1, -0.05) is 35.9 Å². The van der Waals surface area contributed by atoms with Crippen LogP contribution < -0.4 is 10.1 Å². The van der Waals surface area contributed by atoms with Gasteiger partial charge >= 0.3 is 0 Å². The fourth-order valence-corrected chi connectivity index (χ4v) is 2.35. The van der Waals surface area contributed by atoms with Crippen molar-refractivity contribution in [1.29, 1.82) is 0 Å². The van der Waals surface area contributed by atoms with E-state index in [2.05, 4.69) is 5.32 Å². The summed E-state index contributed by atoms with van der Waals surface area (Å²) in [4.78, 5) is 0. The van der Waals surface area contributed by atoms with Crippen molar-refractivity contribution in [3.63, 3.8) is 0 Å². The first kappa shape index (κ1) is 14.4. The van der Waals surface area contributed by atoms with Gasteiger partial charge in [0.1, 0.15) is 18.2 Å². The van der Waals surface area contributed by atoms with Crippen LogP contribution in [0.15, 0.2) is 42.5 Å². The highest BCUT2D eigenvalue weighted by molar-refractivity contribution is 6.32. The highest BCUT2D eigenvalue weighted by Gasteiger charge is 2.20. The van der Waals surface area contributed by atoms with E-state index < -0.39 is 0 Å². The summed E-state index contributed by atoms with van der Waals surface area (Å²) in [7, 11) is 0. The zero-order valence-corrected chi connectivity index (χ0v) is 12.4. The number of ether oxygens (including phenoxy) is 1. The molecule has 2 nitrogen and oxygen atoms in total. The van der Waals surface area contributed by atoms with Gasteiger partial charge in [-0.25, -0.2) is 4.39 Å². The molecule has 0 amide bonds. The van der Waals surface area contributed by atoms with Crippen LogP contribution in [-0.2, 0) is 13.2 Å². The lowest BCUT2D eigenvalue weighted by molar-refractivity contribution is 0.300. The fraction of sp³-hybridized carbons (Fsp3) is 0.294. The Morgan fingerprint density at radius 2 is 2.00 bits per heavy atom. The Morgan fingerprint density at radius 3 is 2.71 bits per heavy atom. The Kier molecular flexibility index (Phi) is 4.42. The molecule has 1 fully saturated rings. The minimum absolute atomic E-state index is 0.173. The van der Waals surface area contributed by atoms with Crippen LogP contribution in [0.2, 0.25) is 5.02 Å². The van der Waals surface area contributed by atoms with Crippen molar-refractivity contribution in [2.24, 2.45) is 0 Å². The van der Waals surface area contributed by atoms with Gasteiger partial charge in [0.2, 0.25) is 0 Å². The summed E-state index contributed by atoms with van der Waals surface area (Å²) in [6.45, 7) is 0.990. The van der Waals surface area contributed by atoms with Gasteiger partial charge in [0.05, 0.1) is 5.02 Å². The van der Waals surface area contributed by atoms with E-state index in [-0.39, 0.29) is 12.4 Å². The molecule has 0 radical (unpaired) electrons. The van der Waals surface area contributed by atoms with Crippen LogP contribution >= 0.6 is 11.6 Å². The minimum Gasteiger partial charge on any atom is -0.487 e. The Hall–Kier alpha value is -1.58. The summed E-state index contributed by atoms with van der Waals surface area (Å²) < 4.78 is 19.1. The molecule has 1 saturated carbocycles. The monoisotopic (exact) mass is 305 g/mol. The molecule has 1 aliphatic rings. The predicted molar refractivity (Wildman–Crippen MR) is 82.0 cm³/mol. The number of hydrogen-bond acceptors (Lipinski definition) is 2. The van der Waals surface area contributed by atoms with Crippen molar-refractivity contribution in [1.82, 2.24) is 5.32 Å². The molecule has 1 N–H and O–H groups in total. The summed E-state index contributed by atoms with van der Waals surface area (Å²) in [6, 6.07) is 13.0. The molecule has 0 heterocycles. The predicted octanol–water partition coefficient (Wildman–Crippen LogP) is 4.31. The smallest absolute Gasteiger partial charge is 0.138 e. The van der Waals surface area contributed by atoms with Crippen LogP contribution in [0.5, 0.6) is 5.75 Å². The maximum atomic E-state index is 13.5. The normalized spacial score (nSPS) is 14.2. The van der Waals surface area contributed by atoms with Gasteiger partial charge in [-0.3, -0.25) is 0 Å². The summed E-state index contributed by atoms with van der Waals surface area (Å²) in [5.41, 5.74) is 1.65. The molecule has 21 heavy (non-hydrogen) atoms. The van der Waals surface area contributed by atoms with Gasteiger partial charge in [-0.05, 0) is 36.6 Å². The molecular formula is C17H17ClFNO. The lowest BCUT2D eigenvalue weighted by atomic mass is 10.2. The third kappa shape index (κ3) is 3.96. The third-order valence-electron chi connectivity index (χ3n) is 3.51. The van der Waals surface area contributed by atoms with Crippen LogP contribution in [0.25, 0.3) is 0 Å². The number of benzene rings is 2. The highest BCUT2D eigenvalue weighted by atomic mass is 35.5. The van der Waals surface area contributed by atoms with Crippen LogP contribution in [0.3, 0.4) is 0 Å². The quantitative estimate of drug-likeness (QED) is 0.858. The first-order chi connectivity index (χ1) is 10.2. The molecule has 110 valence electrons. The summed E-state index contributed by atoms with van der Waals surface area (Å²) in [5, 5.41) is 3.99. The second kappa shape index (κ2) is 6.46. The summed E-state index contributed by atoms with van der Waals surface area (Å²) in [6.07, 6.45) is 2.52. The molecule has 2 aromatic rings. The molecule has 0 spiro atoms. The van der Waals surface area contributed by atoms with Crippen molar-refractivity contribution < 1.29 is 9.13 Å². The van der Waals surface area contributed by atoms with Gasteiger partial charge < -0.3 is 10.1 Å². The maximum absolute atomic E-state index is 13.5. The Morgan fingerprint density at radius 1 is 1.19 bits per heavy atom. The molecule has 0 aromatic heterocycles. The first-order valence-corrected chi connectivity index (χ1v) is 7.48. The van der Waals surface area contributed by atoms with E-state index in [4.69, 9.17) is 16.3 Å². The molecule has 0 bridgehead atoms. The number of halogens is 2. The van der Waals surface area contributed by atoms with Gasteiger partial charge in [0.25, 0.3) is 0 Å². The first-order valence-electron chi connectivity index (χ1n) is 7.10. The largest absolute Gasteiger partial charge is 0.487 e. The van der Waals surface area contributed by atoms with E-state index in [1.807, 2.05) is 18.2 Å². The Labute approximate surface area is 128 Å². The second-order valence-corrected chi connectivity index (χ2v) is 5.71. The zero-order valence-electron chi connectivity index (χ0n) is 11.6. The van der Waals surface area contributed by atoms with Crippen LogP contribution in [0.4, 0.5) is 4.39 Å². The van der Waals surface area contributed by atoms with Crippen molar-refractivity contribution in [3.05, 3.63) is 64.4 Å². The number of hydrogen-bond donors (Lipinski definition) is 1. The van der Waals surface area contributed by atoms with E-state index in [9.17, 15) is 4.39 Å². The summed E-state index contributed by atoms with van der Waals surface area (Å²) >= 11 is 6.22. The molecule has 0 atom stereocenters. The average molecular weight is 306 g/mol. The van der Waals surface area contributed by atoms with E-state index in [1.165, 1.54) is 18.9 Å². The topological polar surface area (TPSA) is 21.3 Å². The molecule has 0 unspecified atom stereocenters. The highest BCUT2D eigenvalue weighted by Crippen LogP contribution is 2.27. The molecule has 0 saturated heterocycles. The summed E-state index contributed by atoms with van der Waals surface area (Å²) in [5.74, 6) is 0.314. The van der Waals surface area contributed by atoms with E-state index >= 15 is 0 Å². The fourth-order valence-electron chi connectivity index (χ4n) is 2.09. The van der Waals surface area contributed by atoms with Gasteiger partial charge in [0, 0.05) is 18.2 Å². The van der Waals surface area contributed by atoms with Gasteiger partial charge in [0.15, 0.2) is 0 Å². The molecule has 2 aromatic carbocycles.